The molecule has 0 aliphatic heterocycles. The fourth-order valence-corrected chi connectivity index (χ4v) is 1.05. The van der Waals surface area contributed by atoms with Crippen molar-refractivity contribution in [1.82, 2.24) is 0 Å². The minimum Gasteiger partial charge on any atom is -0.425 e. The van der Waals surface area contributed by atoms with Crippen molar-refractivity contribution in [1.29, 1.82) is 0 Å². The number of rotatable bonds is 5. The van der Waals surface area contributed by atoms with Gasteiger partial charge in [-0.2, -0.15) is 0 Å². The van der Waals surface area contributed by atoms with E-state index in [9.17, 15) is 9.59 Å². The summed E-state index contributed by atoms with van der Waals surface area (Å²) in [6.45, 7) is 0. The zero-order valence-corrected chi connectivity index (χ0v) is 8.38. The molecule has 1 aromatic rings. The van der Waals surface area contributed by atoms with Crippen molar-refractivity contribution in [2.75, 3.05) is 7.11 Å². The molecule has 0 aliphatic rings. The van der Waals surface area contributed by atoms with Crippen LogP contribution in [0.15, 0.2) is 30.3 Å². The van der Waals surface area contributed by atoms with Crippen molar-refractivity contribution in [2.24, 2.45) is 0 Å². The van der Waals surface area contributed by atoms with Gasteiger partial charge in [-0.1, -0.05) is 18.2 Å². The SMILES string of the molecule is COC(CC=O)C(=O)Oc1ccccc1. The standard InChI is InChI=1S/C11H12O4/c1-14-10(7-8-12)11(13)15-9-5-3-2-4-6-9/h2-6,8,10H,7H2,1H3. The van der Waals surface area contributed by atoms with Gasteiger partial charge in [-0.25, -0.2) is 4.79 Å². The zero-order chi connectivity index (χ0) is 11.1. The second-order valence-electron chi connectivity index (χ2n) is 2.86. The lowest BCUT2D eigenvalue weighted by Crippen LogP contribution is -2.28. The van der Waals surface area contributed by atoms with Gasteiger partial charge in [-0.15, -0.1) is 0 Å². The summed E-state index contributed by atoms with van der Waals surface area (Å²) in [5.41, 5.74) is 0. The molecule has 1 unspecified atom stereocenters. The molecule has 0 amide bonds. The minimum absolute atomic E-state index is 0.00215. The average Bonchev–Trinajstić information content (AvgIpc) is 2.27. The van der Waals surface area contributed by atoms with Crippen LogP contribution >= 0.6 is 0 Å². The molecule has 0 aromatic heterocycles. The Bertz CT molecular complexity index is 321. The summed E-state index contributed by atoms with van der Waals surface area (Å²) in [7, 11) is 1.36. The summed E-state index contributed by atoms with van der Waals surface area (Å²) >= 11 is 0. The summed E-state index contributed by atoms with van der Waals surface area (Å²) < 4.78 is 9.82. The number of benzene rings is 1. The van der Waals surface area contributed by atoms with Crippen molar-refractivity contribution in [3.05, 3.63) is 30.3 Å². The molecule has 0 fully saturated rings. The number of aldehydes is 1. The van der Waals surface area contributed by atoms with Gasteiger partial charge < -0.3 is 14.3 Å². The third kappa shape index (κ3) is 3.52. The maximum Gasteiger partial charge on any atom is 0.341 e. The summed E-state index contributed by atoms with van der Waals surface area (Å²) in [4.78, 5) is 21.7. The maximum absolute atomic E-state index is 11.4. The van der Waals surface area contributed by atoms with E-state index in [2.05, 4.69) is 0 Å². The van der Waals surface area contributed by atoms with E-state index in [4.69, 9.17) is 9.47 Å². The number of hydrogen-bond donors (Lipinski definition) is 0. The number of ether oxygens (including phenoxy) is 2. The number of esters is 1. The molecule has 80 valence electrons. The first-order valence-corrected chi connectivity index (χ1v) is 4.51. The Morgan fingerprint density at radius 1 is 1.40 bits per heavy atom. The lowest BCUT2D eigenvalue weighted by molar-refractivity contribution is -0.146. The van der Waals surface area contributed by atoms with Crippen LogP contribution in [0.4, 0.5) is 0 Å². The summed E-state index contributed by atoms with van der Waals surface area (Å²) in [5, 5.41) is 0. The maximum atomic E-state index is 11.4. The van der Waals surface area contributed by atoms with Crippen LogP contribution in [-0.2, 0) is 14.3 Å². The van der Waals surface area contributed by atoms with Gasteiger partial charge in [0.05, 0.1) is 0 Å². The van der Waals surface area contributed by atoms with Crippen LogP contribution in [0.5, 0.6) is 5.75 Å². The predicted octanol–water partition coefficient (Wildman–Crippen LogP) is 1.20. The van der Waals surface area contributed by atoms with Gasteiger partial charge in [0.15, 0.2) is 6.10 Å². The van der Waals surface area contributed by atoms with E-state index in [1.165, 1.54) is 7.11 Å². The normalized spacial score (nSPS) is 11.8. The van der Waals surface area contributed by atoms with E-state index in [0.29, 0.717) is 12.0 Å². The lowest BCUT2D eigenvalue weighted by atomic mass is 10.3. The third-order valence-electron chi connectivity index (χ3n) is 1.82. The van der Waals surface area contributed by atoms with Crippen LogP contribution in [0.3, 0.4) is 0 Å². The van der Waals surface area contributed by atoms with Crippen LogP contribution in [0.25, 0.3) is 0 Å². The molecule has 0 aliphatic carbocycles. The number of methoxy groups -OCH3 is 1. The Labute approximate surface area is 87.8 Å². The zero-order valence-electron chi connectivity index (χ0n) is 8.38. The highest BCUT2D eigenvalue weighted by molar-refractivity contribution is 5.79. The molecule has 0 bridgehead atoms. The van der Waals surface area contributed by atoms with Crippen LogP contribution in [0, 0.1) is 0 Å². The van der Waals surface area contributed by atoms with E-state index in [1.54, 1.807) is 24.3 Å². The Morgan fingerprint density at radius 2 is 2.07 bits per heavy atom. The molecule has 4 nitrogen and oxygen atoms in total. The Morgan fingerprint density at radius 3 is 2.60 bits per heavy atom. The number of carbonyl (C=O) groups is 2. The van der Waals surface area contributed by atoms with Crippen molar-refractivity contribution >= 4 is 12.3 Å². The lowest BCUT2D eigenvalue weighted by Gasteiger charge is -2.11. The second kappa shape index (κ2) is 5.93. The average molecular weight is 208 g/mol. The molecule has 0 spiro atoms. The molecule has 1 atom stereocenters. The minimum atomic E-state index is -0.831. The van der Waals surface area contributed by atoms with Crippen molar-refractivity contribution in [3.8, 4) is 5.75 Å². The van der Waals surface area contributed by atoms with Crippen molar-refractivity contribution in [3.63, 3.8) is 0 Å². The molecule has 0 N–H and O–H groups in total. The Kier molecular flexibility index (Phi) is 4.50. The topological polar surface area (TPSA) is 52.6 Å². The molecule has 1 aromatic carbocycles. The van der Waals surface area contributed by atoms with Gasteiger partial charge in [0, 0.05) is 13.5 Å². The van der Waals surface area contributed by atoms with E-state index in [-0.39, 0.29) is 6.42 Å². The summed E-state index contributed by atoms with van der Waals surface area (Å²) in [6, 6.07) is 8.64. The van der Waals surface area contributed by atoms with E-state index >= 15 is 0 Å². The number of hydrogen-bond acceptors (Lipinski definition) is 4. The third-order valence-corrected chi connectivity index (χ3v) is 1.82. The van der Waals surface area contributed by atoms with Crippen LogP contribution in [-0.4, -0.2) is 25.5 Å². The Balaban J connectivity index is 2.58. The van der Waals surface area contributed by atoms with Gasteiger partial charge in [0.1, 0.15) is 12.0 Å². The molecular formula is C11H12O4. The fourth-order valence-electron chi connectivity index (χ4n) is 1.05. The largest absolute Gasteiger partial charge is 0.425 e. The molecule has 0 radical (unpaired) electrons. The first kappa shape index (κ1) is 11.4. The van der Waals surface area contributed by atoms with Gasteiger partial charge in [0.2, 0.25) is 0 Å². The van der Waals surface area contributed by atoms with Crippen LogP contribution in [0.2, 0.25) is 0 Å². The van der Waals surface area contributed by atoms with E-state index in [0.717, 1.165) is 0 Å². The molecule has 0 saturated carbocycles. The van der Waals surface area contributed by atoms with Gasteiger partial charge >= 0.3 is 5.97 Å². The van der Waals surface area contributed by atoms with E-state index in [1.807, 2.05) is 6.07 Å². The molecule has 1 rings (SSSR count). The van der Waals surface area contributed by atoms with Gasteiger partial charge in [-0.05, 0) is 12.1 Å². The van der Waals surface area contributed by atoms with Crippen LogP contribution in [0.1, 0.15) is 6.42 Å². The van der Waals surface area contributed by atoms with E-state index < -0.39 is 12.1 Å². The molecule has 4 heteroatoms. The number of carbonyl (C=O) groups excluding carboxylic acids is 2. The van der Waals surface area contributed by atoms with Crippen molar-refractivity contribution in [2.45, 2.75) is 12.5 Å². The first-order valence-electron chi connectivity index (χ1n) is 4.51. The monoisotopic (exact) mass is 208 g/mol. The molecule has 0 saturated heterocycles. The molecule has 15 heavy (non-hydrogen) atoms. The fraction of sp³-hybridized carbons (Fsp3) is 0.273. The highest BCUT2D eigenvalue weighted by atomic mass is 16.6. The quantitative estimate of drug-likeness (QED) is 0.414. The highest BCUT2D eigenvalue weighted by Crippen LogP contribution is 2.10. The van der Waals surface area contributed by atoms with Gasteiger partial charge in [0.25, 0.3) is 0 Å². The Hall–Kier alpha value is -1.68. The predicted molar refractivity (Wildman–Crippen MR) is 53.6 cm³/mol. The van der Waals surface area contributed by atoms with Crippen LogP contribution < -0.4 is 4.74 Å². The smallest absolute Gasteiger partial charge is 0.341 e. The summed E-state index contributed by atoms with van der Waals surface area (Å²) in [6.07, 6.45) is -0.203. The second-order valence-corrected chi connectivity index (χ2v) is 2.86. The van der Waals surface area contributed by atoms with Crippen molar-refractivity contribution < 1.29 is 19.1 Å². The van der Waals surface area contributed by atoms with Gasteiger partial charge in [-0.3, -0.25) is 0 Å². The highest BCUT2D eigenvalue weighted by Gasteiger charge is 2.19. The first-order chi connectivity index (χ1) is 7.27. The molecular weight excluding hydrogens is 196 g/mol. The molecule has 0 heterocycles. The summed E-state index contributed by atoms with van der Waals surface area (Å²) in [5.74, 6) is -0.119. The number of para-hydroxylation sites is 1.